The smallest absolute Gasteiger partial charge is 0.314 e. The van der Waals surface area contributed by atoms with Crippen LogP contribution in [0.25, 0.3) is 0 Å². The summed E-state index contributed by atoms with van der Waals surface area (Å²) in [4.78, 5) is 10.2. The van der Waals surface area contributed by atoms with Gasteiger partial charge in [-0.1, -0.05) is 27.5 Å². The number of rotatable bonds is 3. The molecule has 0 N–H and O–H groups in total. The van der Waals surface area contributed by atoms with E-state index < -0.39 is 4.92 Å². The van der Waals surface area contributed by atoms with Crippen molar-refractivity contribution in [2.45, 2.75) is 6.92 Å². The predicted octanol–water partition coefficient (Wildman–Crippen LogP) is 3.24. The summed E-state index contributed by atoms with van der Waals surface area (Å²) in [7, 11) is 0. The molecule has 1 rings (SSSR count). The second-order valence-electron chi connectivity index (χ2n) is 2.53. The molecule has 0 aromatic heterocycles. The zero-order chi connectivity index (χ0) is 10.7. The minimum Gasteiger partial charge on any atom is -0.471 e. The third kappa shape index (κ3) is 2.16. The molecule has 6 heteroatoms. The van der Waals surface area contributed by atoms with Gasteiger partial charge < -0.3 is 4.74 Å². The van der Waals surface area contributed by atoms with Gasteiger partial charge in [-0.3, -0.25) is 10.1 Å². The third-order valence-electron chi connectivity index (χ3n) is 1.72. The molecule has 0 heterocycles. The molecular weight excluding hydrogens is 273 g/mol. The molecule has 0 spiro atoms. The maximum absolute atomic E-state index is 10.7. The molecule has 0 aliphatic carbocycles. The van der Waals surface area contributed by atoms with E-state index in [1.54, 1.807) is 13.0 Å². The normalized spacial score (nSPS) is 9.93. The van der Waals surface area contributed by atoms with Gasteiger partial charge in [0.25, 0.3) is 0 Å². The summed E-state index contributed by atoms with van der Waals surface area (Å²) in [5, 5.41) is 10.7. The Kier molecular flexibility index (Phi) is 3.71. The standard InChI is InChI=1S/C8H7BrClNO3/c1-5-6(9)2-3-7(14-4-10)8(5)11(12)13/h2-3H,4H2,1H3. The van der Waals surface area contributed by atoms with Crippen LogP contribution in [0.3, 0.4) is 0 Å². The number of nitro benzene ring substituents is 1. The van der Waals surface area contributed by atoms with Crippen LogP contribution in [0.1, 0.15) is 5.56 Å². The molecule has 1 aromatic rings. The number of hydrogen-bond donors (Lipinski definition) is 0. The average molecular weight is 281 g/mol. The van der Waals surface area contributed by atoms with Gasteiger partial charge in [-0.25, -0.2) is 0 Å². The lowest BCUT2D eigenvalue weighted by atomic mass is 10.2. The van der Waals surface area contributed by atoms with E-state index >= 15 is 0 Å². The van der Waals surface area contributed by atoms with Gasteiger partial charge in [0.15, 0.2) is 11.8 Å². The maximum Gasteiger partial charge on any atom is 0.314 e. The quantitative estimate of drug-likeness (QED) is 0.485. The molecule has 0 unspecified atom stereocenters. The number of benzene rings is 1. The van der Waals surface area contributed by atoms with E-state index in [0.29, 0.717) is 10.0 Å². The van der Waals surface area contributed by atoms with E-state index in [0.717, 1.165) is 0 Å². The van der Waals surface area contributed by atoms with E-state index in [2.05, 4.69) is 15.9 Å². The summed E-state index contributed by atoms with van der Waals surface area (Å²) in [6, 6.07) is 3.09. The molecule has 0 saturated heterocycles. The molecule has 0 aliphatic rings. The predicted molar refractivity (Wildman–Crippen MR) is 56.9 cm³/mol. The highest BCUT2D eigenvalue weighted by atomic mass is 79.9. The number of halogens is 2. The first-order valence-electron chi connectivity index (χ1n) is 3.70. The Bertz CT molecular complexity index is 370. The number of nitrogens with zero attached hydrogens (tertiary/aromatic N) is 1. The van der Waals surface area contributed by atoms with Crippen LogP contribution < -0.4 is 4.74 Å². The molecule has 0 atom stereocenters. The molecule has 0 radical (unpaired) electrons. The van der Waals surface area contributed by atoms with Crippen LogP contribution in [0.2, 0.25) is 0 Å². The third-order valence-corrected chi connectivity index (χ3v) is 2.69. The van der Waals surface area contributed by atoms with Gasteiger partial charge in [0.1, 0.15) is 0 Å². The van der Waals surface area contributed by atoms with Crippen LogP contribution in [0.4, 0.5) is 5.69 Å². The lowest BCUT2D eigenvalue weighted by molar-refractivity contribution is -0.386. The van der Waals surface area contributed by atoms with Gasteiger partial charge in [0.2, 0.25) is 0 Å². The molecule has 0 amide bonds. The molecule has 14 heavy (non-hydrogen) atoms. The Balaban J connectivity index is 3.30. The molecule has 0 fully saturated rings. The van der Waals surface area contributed by atoms with E-state index in [9.17, 15) is 10.1 Å². The summed E-state index contributed by atoms with van der Waals surface area (Å²) in [5.41, 5.74) is 0.470. The van der Waals surface area contributed by atoms with Gasteiger partial charge in [-0.05, 0) is 19.1 Å². The molecule has 0 saturated carbocycles. The summed E-state index contributed by atoms with van der Waals surface area (Å²) in [6.07, 6.45) is 0. The Morgan fingerprint density at radius 1 is 1.64 bits per heavy atom. The molecule has 1 aromatic carbocycles. The lowest BCUT2D eigenvalue weighted by Crippen LogP contribution is -1.98. The van der Waals surface area contributed by atoms with Crippen molar-refractivity contribution in [2.24, 2.45) is 0 Å². The second kappa shape index (κ2) is 4.61. The SMILES string of the molecule is Cc1c(Br)ccc(OCCl)c1[N+](=O)[O-]. The van der Waals surface area contributed by atoms with Crippen molar-refractivity contribution in [3.63, 3.8) is 0 Å². The minimum atomic E-state index is -0.484. The van der Waals surface area contributed by atoms with E-state index in [-0.39, 0.29) is 17.5 Å². The molecule has 0 aliphatic heterocycles. The fraction of sp³-hybridized carbons (Fsp3) is 0.250. The fourth-order valence-corrected chi connectivity index (χ4v) is 1.49. The summed E-state index contributed by atoms with van der Waals surface area (Å²) < 4.78 is 5.61. The highest BCUT2D eigenvalue weighted by Gasteiger charge is 2.20. The summed E-state index contributed by atoms with van der Waals surface area (Å²) in [6.45, 7) is 1.64. The zero-order valence-corrected chi connectivity index (χ0v) is 9.63. The molecule has 4 nitrogen and oxygen atoms in total. The minimum absolute atomic E-state index is 0.0555. The van der Waals surface area contributed by atoms with Crippen molar-refractivity contribution in [3.05, 3.63) is 32.3 Å². The van der Waals surface area contributed by atoms with Crippen LogP contribution in [-0.2, 0) is 0 Å². The van der Waals surface area contributed by atoms with E-state index in [1.807, 2.05) is 0 Å². The van der Waals surface area contributed by atoms with Gasteiger partial charge >= 0.3 is 5.69 Å². The number of hydrogen-bond acceptors (Lipinski definition) is 3. The highest BCUT2D eigenvalue weighted by molar-refractivity contribution is 9.10. The zero-order valence-electron chi connectivity index (χ0n) is 7.29. The molecule has 0 bridgehead atoms. The first-order chi connectivity index (χ1) is 6.57. The summed E-state index contributed by atoms with van der Waals surface area (Å²) >= 11 is 8.55. The van der Waals surface area contributed by atoms with Crippen molar-refractivity contribution < 1.29 is 9.66 Å². The van der Waals surface area contributed by atoms with Crippen molar-refractivity contribution in [1.29, 1.82) is 0 Å². The van der Waals surface area contributed by atoms with Crippen molar-refractivity contribution >= 4 is 33.2 Å². The fourth-order valence-electron chi connectivity index (χ4n) is 1.05. The number of nitro groups is 1. The van der Waals surface area contributed by atoms with Gasteiger partial charge in [-0.15, -0.1) is 0 Å². The lowest BCUT2D eigenvalue weighted by Gasteiger charge is -2.06. The van der Waals surface area contributed by atoms with Gasteiger partial charge in [0.05, 0.1) is 4.92 Å². The topological polar surface area (TPSA) is 52.4 Å². The summed E-state index contributed by atoms with van der Waals surface area (Å²) in [5.74, 6) is 0.186. The Morgan fingerprint density at radius 3 is 2.79 bits per heavy atom. The van der Waals surface area contributed by atoms with Crippen LogP contribution in [0.15, 0.2) is 16.6 Å². The van der Waals surface area contributed by atoms with Crippen molar-refractivity contribution in [3.8, 4) is 5.75 Å². The monoisotopic (exact) mass is 279 g/mol. The second-order valence-corrected chi connectivity index (χ2v) is 3.60. The Hall–Kier alpha value is -0.810. The van der Waals surface area contributed by atoms with Crippen LogP contribution >= 0.6 is 27.5 Å². The van der Waals surface area contributed by atoms with Gasteiger partial charge in [-0.2, -0.15) is 0 Å². The van der Waals surface area contributed by atoms with E-state index in [1.165, 1.54) is 6.07 Å². The van der Waals surface area contributed by atoms with Crippen LogP contribution in [0, 0.1) is 17.0 Å². The van der Waals surface area contributed by atoms with Crippen molar-refractivity contribution in [1.82, 2.24) is 0 Å². The first-order valence-corrected chi connectivity index (χ1v) is 5.03. The number of ether oxygens (including phenoxy) is 1. The molecular formula is C8H7BrClNO3. The molecule has 76 valence electrons. The first kappa shape index (κ1) is 11.3. The maximum atomic E-state index is 10.7. The highest BCUT2D eigenvalue weighted by Crippen LogP contribution is 2.35. The largest absolute Gasteiger partial charge is 0.471 e. The van der Waals surface area contributed by atoms with Crippen molar-refractivity contribution in [2.75, 3.05) is 6.07 Å². The van der Waals surface area contributed by atoms with Crippen LogP contribution in [-0.4, -0.2) is 11.0 Å². The average Bonchev–Trinajstić information content (AvgIpc) is 2.11. The van der Waals surface area contributed by atoms with Crippen LogP contribution in [0.5, 0.6) is 5.75 Å². The Morgan fingerprint density at radius 2 is 2.29 bits per heavy atom. The van der Waals surface area contributed by atoms with Gasteiger partial charge in [0, 0.05) is 10.0 Å². The number of alkyl halides is 1. The van der Waals surface area contributed by atoms with E-state index in [4.69, 9.17) is 16.3 Å². The Labute approximate surface area is 94.1 Å².